The second-order valence-electron chi connectivity index (χ2n) is 37.9. The summed E-state index contributed by atoms with van der Waals surface area (Å²) in [6, 6.07) is 44.0. The number of aliphatic carboxylic acids is 1. The molecule has 0 bridgehead atoms. The Morgan fingerprint density at radius 1 is 0.500 bits per heavy atom. The van der Waals surface area contributed by atoms with Crippen LogP contribution in [0.15, 0.2) is 126 Å². The Morgan fingerprint density at radius 2 is 0.781 bits per heavy atom. The molecular formula is C101H144Cl2LiN13O9S2. The molecule has 8 N–H and O–H groups in total. The van der Waals surface area contributed by atoms with Crippen molar-refractivity contribution in [2.75, 3.05) is 95.4 Å². The van der Waals surface area contributed by atoms with Crippen LogP contribution in [0.3, 0.4) is 0 Å². The number of nitrogens with zero attached hydrogens (tertiary/aromatic N) is 8. The van der Waals surface area contributed by atoms with E-state index >= 15 is 0 Å². The van der Waals surface area contributed by atoms with Crippen molar-refractivity contribution in [2.45, 2.75) is 256 Å². The Hall–Kier alpha value is -8.92. The van der Waals surface area contributed by atoms with E-state index in [0.29, 0.717) is 82.9 Å². The van der Waals surface area contributed by atoms with E-state index in [-0.39, 0.29) is 46.4 Å². The molecule has 0 aliphatic heterocycles. The second-order valence-corrected chi connectivity index (χ2v) is 39.9. The van der Waals surface area contributed by atoms with Crippen molar-refractivity contribution >= 4 is 160 Å². The molecular weight excluding hydrogens is 1680 g/mol. The number of rotatable bonds is 31. The van der Waals surface area contributed by atoms with E-state index in [9.17, 15) is 14.7 Å². The molecule has 0 unspecified atom stereocenters. The molecule has 0 atom stereocenters. The number of nitrogen functional groups attached to an aromatic ring is 1. The first-order valence-electron chi connectivity index (χ1n) is 45.1. The van der Waals surface area contributed by atoms with Crippen LogP contribution in [0.1, 0.15) is 257 Å². The number of halogens is 2. The number of carbonyl (C=O) groups is 2. The minimum Gasteiger partial charge on any atom is -0.870 e. The van der Waals surface area contributed by atoms with Crippen molar-refractivity contribution in [3.8, 4) is 6.07 Å². The normalized spacial score (nSPS) is 14.5. The molecule has 4 aliphatic rings. The molecule has 4 aliphatic carbocycles. The number of benzene rings is 6. The minimum absolute atomic E-state index is 0. The van der Waals surface area contributed by atoms with Gasteiger partial charge in [0.2, 0.25) is 11.9 Å². The Balaban J connectivity index is 0.000000423. The zero-order chi connectivity index (χ0) is 93.7. The van der Waals surface area contributed by atoms with Gasteiger partial charge in [0.15, 0.2) is 3.78 Å². The quantitative estimate of drug-likeness (QED) is 0.00587. The zero-order valence-corrected chi connectivity index (χ0v) is 83.3. The van der Waals surface area contributed by atoms with Crippen LogP contribution in [-0.4, -0.2) is 123 Å². The number of aromatic nitrogens is 4. The number of esters is 1. The number of imidazole rings is 2. The summed E-state index contributed by atoms with van der Waals surface area (Å²) in [5.74, 6) is 5.08. The number of nitrogens with one attached hydrogen (secondary N) is 4. The number of methoxy groups -OCH3 is 1. The zero-order valence-electron chi connectivity index (χ0n) is 80.1. The van der Waals surface area contributed by atoms with Crippen molar-refractivity contribution in [3.05, 3.63) is 144 Å². The number of fused-ring (bicyclic) bond motifs is 2. The molecule has 2 aromatic heterocycles. The predicted molar refractivity (Wildman–Crippen MR) is 530 cm³/mol. The van der Waals surface area contributed by atoms with Crippen molar-refractivity contribution in [3.63, 3.8) is 0 Å². The molecule has 0 spiro atoms. The number of hydrogen-bond donors (Lipinski definition) is 6. The van der Waals surface area contributed by atoms with Crippen molar-refractivity contribution in [1.82, 2.24) is 19.9 Å². The van der Waals surface area contributed by atoms with Gasteiger partial charge in [0.05, 0.1) is 96.7 Å². The van der Waals surface area contributed by atoms with Gasteiger partial charge in [0.1, 0.15) is 0 Å². The van der Waals surface area contributed by atoms with Crippen LogP contribution in [0.25, 0.3) is 22.1 Å². The van der Waals surface area contributed by atoms with Crippen LogP contribution < -0.4 is 54.8 Å². The van der Waals surface area contributed by atoms with Gasteiger partial charge in [-0.2, -0.15) is 29.4 Å². The number of aromatic amines is 2. The monoisotopic (exact) mass is 1820 g/mol. The maximum absolute atomic E-state index is 13.0. The first kappa shape index (κ1) is 113. The average molecular weight is 1830 g/mol. The largest absolute Gasteiger partial charge is 1.00 e. The Morgan fingerprint density at radius 3 is 1.09 bits per heavy atom. The SMILES string of the molecule is CC#N.CC(C)CN(CC(C)C)c1ccc(C2(C(=O)O)CCCC2)cc1Nc1nc2ccccc2[nH]1.CC(C)CN(CC(C)C)c1ccc(C2(C)CCCC2)cc1N.CC(C)CN(CC(C)C)c1ccc(C2(C)CCCC2)cc1N=C=S.COC(=O)C1(c2ccc(N(CC(C)C)CC(C)C)c(Nc3nc4ccccc4[nH]3)c2)CCCC1.O=C=O.O=C=O.S=C(Cl)Cl.[Li+].[OH-]. The summed E-state index contributed by atoms with van der Waals surface area (Å²) in [6.07, 6.45) is 18.0. The van der Waals surface area contributed by atoms with Crippen molar-refractivity contribution < 1.29 is 62.9 Å². The van der Waals surface area contributed by atoms with E-state index < -0.39 is 16.8 Å². The van der Waals surface area contributed by atoms with E-state index in [1.54, 1.807) is 6.07 Å². The van der Waals surface area contributed by atoms with Gasteiger partial charge < -0.3 is 61.3 Å². The number of carboxylic acids is 1. The molecule has 6 aromatic carbocycles. The topological polar surface area (TPSA) is 318 Å². The number of carbonyl (C=O) groups excluding carboxylic acids is 5. The van der Waals surface area contributed by atoms with Crippen LogP contribution in [0, 0.1) is 58.7 Å². The van der Waals surface area contributed by atoms with Gasteiger partial charge >= 0.3 is 43.1 Å². The smallest absolute Gasteiger partial charge is 0.870 e. The fraction of sp³-hybridized carbons (Fsp3) is 0.554. The van der Waals surface area contributed by atoms with Crippen LogP contribution in [-0.2, 0) is 55.2 Å². The summed E-state index contributed by atoms with van der Waals surface area (Å²) in [7, 11) is 1.50. The molecule has 694 valence electrons. The maximum atomic E-state index is 13.0. The number of nitriles is 1. The van der Waals surface area contributed by atoms with E-state index in [0.717, 1.165) is 158 Å². The van der Waals surface area contributed by atoms with Gasteiger partial charge in [0.25, 0.3) is 0 Å². The van der Waals surface area contributed by atoms with E-state index in [4.69, 9.17) is 80.3 Å². The summed E-state index contributed by atoms with van der Waals surface area (Å²) in [5.41, 5.74) is 22.7. The molecule has 12 rings (SSSR count). The third kappa shape index (κ3) is 34.4. The molecule has 8 aromatic rings. The molecule has 2 heterocycles. The summed E-state index contributed by atoms with van der Waals surface area (Å²) >= 11 is 18.5. The number of para-hydroxylation sites is 4. The fourth-order valence-corrected chi connectivity index (χ4v) is 18.2. The van der Waals surface area contributed by atoms with Gasteiger partial charge in [-0.05, 0) is 217 Å². The minimum atomic E-state index is -0.802. The van der Waals surface area contributed by atoms with Gasteiger partial charge in [-0.3, -0.25) is 9.59 Å². The van der Waals surface area contributed by atoms with Gasteiger partial charge in [0, 0.05) is 59.3 Å². The fourth-order valence-electron chi connectivity index (χ4n) is 18.1. The third-order valence-electron chi connectivity index (χ3n) is 23.3. The summed E-state index contributed by atoms with van der Waals surface area (Å²) in [4.78, 5) is 88.2. The Labute approximate surface area is 796 Å². The van der Waals surface area contributed by atoms with Crippen molar-refractivity contribution in [2.24, 2.45) is 52.3 Å². The Kier molecular flexibility index (Phi) is 49.5. The number of thiocarbonyl (C=S) groups is 2. The molecule has 27 heteroatoms. The number of carboxylic acid groups (broad SMARTS) is 1. The van der Waals surface area contributed by atoms with Gasteiger partial charge in [-0.15, -0.1) is 0 Å². The summed E-state index contributed by atoms with van der Waals surface area (Å²) in [6.45, 7) is 50.3. The van der Waals surface area contributed by atoms with Crippen LogP contribution >= 0.6 is 47.6 Å². The number of isothiocyanates is 1. The molecule has 0 saturated heterocycles. The molecule has 128 heavy (non-hydrogen) atoms. The standard InChI is InChI=1S/C28H38N4O2.C27H36N4O2.C21H32N2S.C20H34N2.C2H3N.CCl2S.2CO2.Li.H2O/c1-19(2)17-32(18-20(3)4)25-13-12-21(28(26(33)34-5)14-8-9-15-28)16-24(25)31-27-29-22-10-6-7-11-23(22)30-27;1-18(2)16-31(17-19(3)4)24-12-11-20(27(25(32)33)13-7-8-14-27)15-23(24)30-26-28-21-9-5-6-10-22(21)29-26;1-16(2)13-23(14-17(3)4)20-9-8-18(12-19(20)22-15-24)21(5)10-6-7-11-21;1-15(2)13-22(14-16(3)4)19-9-8-17(12-18(19)21)20(5)10-6-7-11-20;1-2-3;2-1(3)4;2*2-1-3;;/h6-7,10-13,16,19-20H,8-9,14-15,17-18H2,1-5H3,(H2,29,30,31);5-6,9-12,15,18-19H,7-8,13-14,16-17H2,1-4H3,(H,32,33)(H2,28,29,30);8-9,12,16-17H,6-7,10-11,13-14H2,1-5H3;8-9,12,15-16H,6-7,10-11,13-14,21H2,1-5H3;1H3;;;;;1H2/q;;;;;;;;+1;/p-1. The third-order valence-corrected chi connectivity index (χ3v) is 23.4. The maximum Gasteiger partial charge on any atom is 1.00 e. The van der Waals surface area contributed by atoms with Crippen LogP contribution in [0.5, 0.6) is 0 Å². The van der Waals surface area contributed by atoms with Gasteiger partial charge in [-0.25, -0.2) is 9.97 Å². The first-order valence-corrected chi connectivity index (χ1v) is 46.6. The molecule has 0 radical (unpaired) electrons. The first-order chi connectivity index (χ1) is 59.7. The summed E-state index contributed by atoms with van der Waals surface area (Å²) < 4.78 is 5.23. The van der Waals surface area contributed by atoms with Crippen molar-refractivity contribution in [1.29, 1.82) is 5.26 Å². The number of H-pyrrole nitrogens is 2. The second kappa shape index (κ2) is 56.0. The molecule has 22 nitrogen and oxygen atoms in total. The summed E-state index contributed by atoms with van der Waals surface area (Å²) in [5, 5.41) is 27.2. The van der Waals surface area contributed by atoms with Crippen LogP contribution in [0.2, 0.25) is 0 Å². The molecule has 0 amide bonds. The van der Waals surface area contributed by atoms with E-state index in [1.807, 2.05) is 54.6 Å². The molecule has 4 fully saturated rings. The predicted octanol–water partition coefficient (Wildman–Crippen LogP) is 22.3. The van der Waals surface area contributed by atoms with E-state index in [1.165, 1.54) is 87.9 Å². The molecule has 4 saturated carbocycles. The number of aliphatic imine (C=N–C) groups is 1. The number of ether oxygens (including phenoxy) is 1. The average Bonchev–Trinajstić information content (AvgIpc) is 1.43. The van der Waals surface area contributed by atoms with E-state index in [2.05, 4.69) is 254 Å². The number of hydrogen-bond acceptors (Lipinski definition) is 21. The van der Waals surface area contributed by atoms with Crippen LogP contribution in [0.4, 0.5) is 57.4 Å². The number of nitrogens with two attached hydrogens (primary N) is 1. The Bertz CT molecular complexity index is 4760. The number of anilines is 9. The van der Waals surface area contributed by atoms with Gasteiger partial charge in [-0.1, -0.05) is 260 Å².